The molecule has 4 nitrogen and oxygen atoms in total. The van der Waals surface area contributed by atoms with Crippen LogP contribution in [-0.2, 0) is 0 Å². The smallest absolute Gasteiger partial charge is 0.203 e. The Balaban J connectivity index is 2.76. The van der Waals surface area contributed by atoms with Crippen LogP contribution in [0.1, 0.15) is 0 Å². The summed E-state index contributed by atoms with van der Waals surface area (Å²) in [6.45, 7) is 0. The maximum absolute atomic E-state index is 8.14. The van der Waals surface area contributed by atoms with Gasteiger partial charge in [0, 0.05) is 11.8 Å². The lowest BCUT2D eigenvalue weighted by Crippen LogP contribution is -1.79. The van der Waals surface area contributed by atoms with Crippen LogP contribution in [0.4, 0.5) is 5.13 Å². The number of hydrogen-bond donors (Lipinski definition) is 1. The van der Waals surface area contributed by atoms with Gasteiger partial charge in [-0.2, -0.15) is 5.26 Å². The summed E-state index contributed by atoms with van der Waals surface area (Å²) in [4.78, 5) is 0. The Morgan fingerprint density at radius 1 is 1.67 bits per heavy atom. The average molecular weight is 158 g/mol. The third-order valence-electron chi connectivity index (χ3n) is 0.555. The van der Waals surface area contributed by atoms with Gasteiger partial charge in [-0.15, -0.1) is 10.2 Å². The van der Waals surface area contributed by atoms with E-state index in [0.29, 0.717) is 9.47 Å². The number of hydrogen-bond acceptors (Lipinski definition) is 6. The molecule has 6 heteroatoms. The number of nitrogens with zero attached hydrogens (tertiary/aromatic N) is 3. The van der Waals surface area contributed by atoms with E-state index in [-0.39, 0.29) is 0 Å². The Morgan fingerprint density at radius 2 is 2.44 bits per heavy atom. The van der Waals surface area contributed by atoms with E-state index in [9.17, 15) is 0 Å². The van der Waals surface area contributed by atoms with Crippen molar-refractivity contribution >= 4 is 28.2 Å². The molecular weight excluding hydrogens is 156 g/mol. The van der Waals surface area contributed by atoms with Crippen molar-refractivity contribution in [2.45, 2.75) is 4.34 Å². The normalized spacial score (nSPS) is 8.78. The van der Waals surface area contributed by atoms with Crippen LogP contribution in [0.15, 0.2) is 4.34 Å². The van der Waals surface area contributed by atoms with E-state index in [0.717, 1.165) is 11.8 Å². The molecule has 0 spiro atoms. The summed E-state index contributed by atoms with van der Waals surface area (Å²) >= 11 is 2.17. The minimum absolute atomic E-state index is 0.396. The number of thiocyanates is 1. The second-order valence-electron chi connectivity index (χ2n) is 1.10. The lowest BCUT2D eigenvalue weighted by molar-refractivity contribution is 1.02. The summed E-state index contributed by atoms with van der Waals surface area (Å²) in [5, 5.41) is 17.5. The van der Waals surface area contributed by atoms with Crippen molar-refractivity contribution in [3.05, 3.63) is 0 Å². The van der Waals surface area contributed by atoms with E-state index in [4.69, 9.17) is 11.0 Å². The fraction of sp³-hybridized carbons (Fsp3) is 0. The number of aromatic nitrogens is 2. The fourth-order valence-electron chi connectivity index (χ4n) is 0.301. The SMILES string of the molecule is N#CSc1nnc(N)s1. The zero-order valence-corrected chi connectivity index (χ0v) is 5.87. The molecule has 1 aromatic rings. The first kappa shape index (κ1) is 6.32. The first-order chi connectivity index (χ1) is 4.33. The average Bonchev–Trinajstić information content (AvgIpc) is 2.17. The second-order valence-corrected chi connectivity index (χ2v) is 3.14. The molecular formula is C3H2N4S2. The van der Waals surface area contributed by atoms with Crippen LogP contribution in [0.5, 0.6) is 0 Å². The van der Waals surface area contributed by atoms with Crippen LogP contribution in [0.3, 0.4) is 0 Å². The fourth-order valence-corrected chi connectivity index (χ4v) is 1.34. The van der Waals surface area contributed by atoms with E-state index in [1.807, 2.05) is 5.40 Å². The third kappa shape index (κ3) is 1.55. The number of anilines is 1. The number of nitrogen functional groups attached to an aromatic ring is 1. The van der Waals surface area contributed by atoms with Crippen LogP contribution in [0.25, 0.3) is 0 Å². The molecule has 0 fully saturated rings. The highest BCUT2D eigenvalue weighted by atomic mass is 32.2. The maximum Gasteiger partial charge on any atom is 0.203 e. The van der Waals surface area contributed by atoms with Gasteiger partial charge in [0.1, 0.15) is 5.40 Å². The molecule has 9 heavy (non-hydrogen) atoms. The standard InChI is InChI=1S/C3H2N4S2/c4-1-8-3-7-6-2(5)9-3/h(H2,5,6). The Morgan fingerprint density at radius 3 is 2.89 bits per heavy atom. The quantitative estimate of drug-likeness (QED) is 0.480. The predicted octanol–water partition coefficient (Wildman–Crippen LogP) is 0.693. The molecule has 1 rings (SSSR count). The predicted molar refractivity (Wildman–Crippen MR) is 35.8 cm³/mol. The van der Waals surface area contributed by atoms with Crippen molar-refractivity contribution in [1.82, 2.24) is 10.2 Å². The van der Waals surface area contributed by atoms with Crippen molar-refractivity contribution in [2.24, 2.45) is 0 Å². The molecule has 1 heterocycles. The first-order valence-electron chi connectivity index (χ1n) is 1.98. The Bertz CT molecular complexity index is 236. The largest absolute Gasteiger partial charge is 0.374 e. The molecule has 46 valence electrons. The zero-order chi connectivity index (χ0) is 6.69. The van der Waals surface area contributed by atoms with Gasteiger partial charge in [-0.3, -0.25) is 0 Å². The molecule has 0 saturated heterocycles. The second kappa shape index (κ2) is 2.66. The molecule has 0 aliphatic heterocycles. The maximum atomic E-state index is 8.14. The Hall–Kier alpha value is -0.800. The highest BCUT2D eigenvalue weighted by molar-refractivity contribution is 8.05. The first-order valence-corrected chi connectivity index (χ1v) is 3.61. The Kier molecular flexibility index (Phi) is 1.87. The van der Waals surface area contributed by atoms with E-state index in [2.05, 4.69) is 10.2 Å². The molecule has 1 aromatic heterocycles. The van der Waals surface area contributed by atoms with Gasteiger partial charge < -0.3 is 5.73 Å². The number of nitrogens with two attached hydrogens (primary N) is 1. The van der Waals surface area contributed by atoms with Crippen LogP contribution >= 0.6 is 23.1 Å². The monoisotopic (exact) mass is 158 g/mol. The van der Waals surface area contributed by atoms with Crippen molar-refractivity contribution in [3.63, 3.8) is 0 Å². The van der Waals surface area contributed by atoms with Gasteiger partial charge in [0.15, 0.2) is 4.34 Å². The topological polar surface area (TPSA) is 75.6 Å². The molecule has 0 saturated carbocycles. The number of rotatable bonds is 1. The van der Waals surface area contributed by atoms with Gasteiger partial charge in [-0.25, -0.2) is 0 Å². The van der Waals surface area contributed by atoms with E-state index < -0.39 is 0 Å². The minimum Gasteiger partial charge on any atom is -0.374 e. The van der Waals surface area contributed by atoms with Crippen molar-refractivity contribution < 1.29 is 0 Å². The summed E-state index contributed by atoms with van der Waals surface area (Å²) in [6.07, 6.45) is 0. The van der Waals surface area contributed by atoms with Crippen molar-refractivity contribution in [1.29, 1.82) is 5.26 Å². The van der Waals surface area contributed by atoms with Gasteiger partial charge in [-0.05, 0) is 0 Å². The third-order valence-corrected chi connectivity index (χ3v) is 1.95. The molecule has 0 aromatic carbocycles. The molecule has 0 bridgehead atoms. The molecule has 0 atom stereocenters. The van der Waals surface area contributed by atoms with Crippen LogP contribution in [-0.4, -0.2) is 10.2 Å². The van der Waals surface area contributed by atoms with Crippen molar-refractivity contribution in [3.8, 4) is 5.40 Å². The van der Waals surface area contributed by atoms with Gasteiger partial charge in [0.25, 0.3) is 0 Å². The molecule has 0 amide bonds. The highest BCUT2D eigenvalue weighted by Gasteiger charge is 1.98. The highest BCUT2D eigenvalue weighted by Crippen LogP contribution is 2.21. The van der Waals surface area contributed by atoms with Gasteiger partial charge >= 0.3 is 0 Å². The Labute approximate surface area is 59.7 Å². The van der Waals surface area contributed by atoms with Crippen LogP contribution in [0.2, 0.25) is 0 Å². The molecule has 0 aliphatic rings. The molecule has 0 aliphatic carbocycles. The zero-order valence-electron chi connectivity index (χ0n) is 4.24. The van der Waals surface area contributed by atoms with Gasteiger partial charge in [-0.1, -0.05) is 11.3 Å². The van der Waals surface area contributed by atoms with Crippen molar-refractivity contribution in [2.75, 3.05) is 5.73 Å². The summed E-state index contributed by atoms with van der Waals surface area (Å²) in [7, 11) is 0. The van der Waals surface area contributed by atoms with E-state index >= 15 is 0 Å². The van der Waals surface area contributed by atoms with Gasteiger partial charge in [0.2, 0.25) is 5.13 Å². The van der Waals surface area contributed by atoms with Crippen LogP contribution < -0.4 is 5.73 Å². The lowest BCUT2D eigenvalue weighted by Gasteiger charge is -1.72. The van der Waals surface area contributed by atoms with Gasteiger partial charge in [0.05, 0.1) is 0 Å². The minimum atomic E-state index is 0.396. The van der Waals surface area contributed by atoms with E-state index in [1.165, 1.54) is 11.3 Å². The summed E-state index contributed by atoms with van der Waals surface area (Å²) in [5.41, 5.74) is 5.23. The number of nitriles is 1. The summed E-state index contributed by atoms with van der Waals surface area (Å²) in [5.74, 6) is 0. The molecule has 0 unspecified atom stereocenters. The number of thioether (sulfide) groups is 1. The van der Waals surface area contributed by atoms with E-state index in [1.54, 1.807) is 0 Å². The summed E-state index contributed by atoms with van der Waals surface area (Å²) in [6, 6.07) is 0. The summed E-state index contributed by atoms with van der Waals surface area (Å²) < 4.78 is 0.593. The molecule has 0 radical (unpaired) electrons. The lowest BCUT2D eigenvalue weighted by atomic mass is 11.3. The van der Waals surface area contributed by atoms with Crippen LogP contribution in [0, 0.1) is 10.7 Å². The molecule has 2 N–H and O–H groups in total.